The predicted molar refractivity (Wildman–Crippen MR) is 102 cm³/mol. The first-order chi connectivity index (χ1) is 12.4. The Bertz CT molecular complexity index is 883. The molecule has 26 heavy (non-hydrogen) atoms. The number of carbonyl (C=O) groups excluding carboxylic acids is 1. The summed E-state index contributed by atoms with van der Waals surface area (Å²) in [6.07, 6.45) is 5.08. The van der Waals surface area contributed by atoms with E-state index in [1.54, 1.807) is 16.4 Å². The summed E-state index contributed by atoms with van der Waals surface area (Å²) in [5.74, 6) is 0.0365. The highest BCUT2D eigenvalue weighted by atomic mass is 32.2. The predicted octanol–water partition coefficient (Wildman–Crippen LogP) is 2.73. The van der Waals surface area contributed by atoms with Crippen LogP contribution in [0.15, 0.2) is 35.4 Å². The minimum absolute atomic E-state index is 0.0365. The smallest absolute Gasteiger partial charge is 0.243 e. The van der Waals surface area contributed by atoms with Gasteiger partial charge >= 0.3 is 0 Å². The maximum absolute atomic E-state index is 12.7. The lowest BCUT2D eigenvalue weighted by atomic mass is 10.2. The van der Waals surface area contributed by atoms with Crippen molar-refractivity contribution in [3.63, 3.8) is 0 Å². The van der Waals surface area contributed by atoms with Crippen LogP contribution in [0, 0.1) is 0 Å². The molecule has 142 valence electrons. The summed E-state index contributed by atoms with van der Waals surface area (Å²) in [5.41, 5.74) is 0.946. The van der Waals surface area contributed by atoms with E-state index in [4.69, 9.17) is 0 Å². The van der Waals surface area contributed by atoms with E-state index in [1.807, 2.05) is 36.7 Å². The highest BCUT2D eigenvalue weighted by molar-refractivity contribution is 7.89. The molecule has 0 bridgehead atoms. The van der Waals surface area contributed by atoms with Crippen molar-refractivity contribution in [2.75, 3.05) is 13.1 Å². The van der Waals surface area contributed by atoms with Crippen LogP contribution in [-0.2, 0) is 21.4 Å². The number of aromatic nitrogens is 1. The zero-order valence-corrected chi connectivity index (χ0v) is 16.3. The molecular formula is C19H27N3O3S. The second-order valence-corrected chi connectivity index (χ2v) is 8.91. The van der Waals surface area contributed by atoms with E-state index in [0.29, 0.717) is 31.0 Å². The van der Waals surface area contributed by atoms with Crippen LogP contribution in [-0.4, -0.2) is 42.3 Å². The normalized spacial score (nSPS) is 16.8. The van der Waals surface area contributed by atoms with E-state index >= 15 is 0 Å². The fourth-order valence-corrected chi connectivity index (χ4v) is 4.84. The molecule has 0 unspecified atom stereocenters. The number of nitrogens with one attached hydrogen (secondary N) is 1. The number of sulfonamides is 1. The topological polar surface area (TPSA) is 71.4 Å². The van der Waals surface area contributed by atoms with Gasteiger partial charge in [-0.2, -0.15) is 4.31 Å². The number of hydrogen-bond acceptors (Lipinski definition) is 3. The van der Waals surface area contributed by atoms with Crippen molar-refractivity contribution in [1.29, 1.82) is 0 Å². The van der Waals surface area contributed by atoms with Gasteiger partial charge in [-0.15, -0.1) is 0 Å². The van der Waals surface area contributed by atoms with Gasteiger partial charge in [0.25, 0.3) is 0 Å². The molecule has 1 aliphatic rings. The number of rotatable bonds is 7. The summed E-state index contributed by atoms with van der Waals surface area (Å²) in [6, 6.07) is 7.34. The van der Waals surface area contributed by atoms with Crippen LogP contribution in [0.25, 0.3) is 10.9 Å². The highest BCUT2D eigenvalue weighted by Crippen LogP contribution is 2.25. The molecule has 7 heteroatoms. The largest absolute Gasteiger partial charge is 0.354 e. The van der Waals surface area contributed by atoms with Gasteiger partial charge in [0.15, 0.2) is 0 Å². The monoisotopic (exact) mass is 377 g/mol. The van der Waals surface area contributed by atoms with Crippen molar-refractivity contribution < 1.29 is 13.2 Å². The first-order valence-electron chi connectivity index (χ1n) is 9.30. The van der Waals surface area contributed by atoms with Crippen LogP contribution in [0.4, 0.5) is 0 Å². The third-order valence-electron chi connectivity index (χ3n) is 5.04. The molecular weight excluding hydrogens is 350 g/mol. The lowest BCUT2D eigenvalue weighted by molar-refractivity contribution is -0.121. The molecule has 0 spiro atoms. The standard InChI is InChI=1S/C19H27N3O3S/c1-3-15(2)20-19(23)9-13-21-12-8-16-14-17(6-7-18(16)21)26(24,25)22-10-4-5-11-22/h6-8,12,14-15H,3-5,9-11,13H2,1-2H3,(H,20,23)/t15-/m1/s1. The molecule has 2 heterocycles. The van der Waals surface area contributed by atoms with E-state index in [9.17, 15) is 13.2 Å². The Balaban J connectivity index is 1.74. The summed E-state index contributed by atoms with van der Waals surface area (Å²) in [6.45, 7) is 5.81. The SMILES string of the molecule is CC[C@@H](C)NC(=O)CCn1ccc2cc(S(=O)(=O)N3CCCC3)ccc21. The molecule has 1 N–H and O–H groups in total. The average molecular weight is 378 g/mol. The van der Waals surface area contributed by atoms with Crippen LogP contribution in [0.1, 0.15) is 39.5 Å². The molecule has 0 aliphatic carbocycles. The minimum Gasteiger partial charge on any atom is -0.354 e. The number of amides is 1. The van der Waals surface area contributed by atoms with Gasteiger partial charge in [0.05, 0.1) is 4.90 Å². The van der Waals surface area contributed by atoms with Crippen LogP contribution in [0.3, 0.4) is 0 Å². The Kier molecular flexibility index (Phi) is 5.67. The number of hydrogen-bond donors (Lipinski definition) is 1. The molecule has 1 fully saturated rings. The van der Waals surface area contributed by atoms with E-state index < -0.39 is 10.0 Å². The van der Waals surface area contributed by atoms with Crippen LogP contribution in [0.5, 0.6) is 0 Å². The number of nitrogens with zero attached hydrogens (tertiary/aromatic N) is 2. The van der Waals surface area contributed by atoms with E-state index in [2.05, 4.69) is 5.32 Å². The first-order valence-corrected chi connectivity index (χ1v) is 10.7. The third-order valence-corrected chi connectivity index (χ3v) is 6.94. The minimum atomic E-state index is -3.40. The van der Waals surface area contributed by atoms with Crippen molar-refractivity contribution in [1.82, 2.24) is 14.2 Å². The van der Waals surface area contributed by atoms with E-state index in [-0.39, 0.29) is 11.9 Å². The second kappa shape index (κ2) is 7.80. The van der Waals surface area contributed by atoms with Gasteiger partial charge in [0, 0.05) is 49.2 Å². The quantitative estimate of drug-likeness (QED) is 0.806. The molecule has 0 radical (unpaired) electrons. The summed E-state index contributed by atoms with van der Waals surface area (Å²) in [4.78, 5) is 12.3. The third kappa shape index (κ3) is 3.94. The molecule has 1 atom stereocenters. The van der Waals surface area contributed by atoms with E-state index in [0.717, 1.165) is 30.2 Å². The first kappa shape index (κ1) is 18.9. The Labute approximate surface area is 155 Å². The van der Waals surface area contributed by atoms with E-state index in [1.165, 1.54) is 0 Å². The van der Waals surface area contributed by atoms with Crippen molar-refractivity contribution in [2.24, 2.45) is 0 Å². The van der Waals surface area contributed by atoms with Gasteiger partial charge in [-0.25, -0.2) is 8.42 Å². The van der Waals surface area contributed by atoms with Gasteiger partial charge in [-0.1, -0.05) is 6.92 Å². The fourth-order valence-electron chi connectivity index (χ4n) is 3.28. The van der Waals surface area contributed by atoms with Crippen molar-refractivity contribution in [3.8, 4) is 0 Å². The Morgan fingerprint density at radius 3 is 2.65 bits per heavy atom. The number of fused-ring (bicyclic) bond motifs is 1. The fraction of sp³-hybridized carbons (Fsp3) is 0.526. The second-order valence-electron chi connectivity index (χ2n) is 6.97. The maximum Gasteiger partial charge on any atom is 0.243 e. The summed E-state index contributed by atoms with van der Waals surface area (Å²) in [7, 11) is -3.40. The lowest BCUT2D eigenvalue weighted by Crippen LogP contribution is -2.32. The molecule has 6 nitrogen and oxygen atoms in total. The molecule has 2 aromatic rings. The molecule has 1 saturated heterocycles. The van der Waals surface area contributed by atoms with Gasteiger partial charge in [0.1, 0.15) is 0 Å². The molecule has 1 aromatic carbocycles. The van der Waals surface area contributed by atoms with Crippen LogP contribution < -0.4 is 5.32 Å². The summed E-state index contributed by atoms with van der Waals surface area (Å²) < 4.78 is 29.0. The Hall–Kier alpha value is -1.86. The average Bonchev–Trinajstić information content (AvgIpc) is 3.29. The van der Waals surface area contributed by atoms with Gasteiger partial charge < -0.3 is 9.88 Å². The Morgan fingerprint density at radius 1 is 1.23 bits per heavy atom. The number of carbonyl (C=O) groups is 1. The van der Waals surface area contributed by atoms with Gasteiger partial charge in [-0.3, -0.25) is 4.79 Å². The van der Waals surface area contributed by atoms with Crippen molar-refractivity contribution in [2.45, 2.75) is 57.0 Å². The Morgan fingerprint density at radius 2 is 1.96 bits per heavy atom. The molecule has 1 aromatic heterocycles. The molecule has 3 rings (SSSR count). The lowest BCUT2D eigenvalue weighted by Gasteiger charge is -2.15. The molecule has 1 aliphatic heterocycles. The summed E-state index contributed by atoms with van der Waals surface area (Å²) >= 11 is 0. The van der Waals surface area contributed by atoms with Gasteiger partial charge in [0.2, 0.25) is 15.9 Å². The molecule has 1 amide bonds. The van der Waals surface area contributed by atoms with Crippen molar-refractivity contribution >= 4 is 26.8 Å². The highest BCUT2D eigenvalue weighted by Gasteiger charge is 2.27. The van der Waals surface area contributed by atoms with Crippen molar-refractivity contribution in [3.05, 3.63) is 30.5 Å². The van der Waals surface area contributed by atoms with Crippen LogP contribution >= 0.6 is 0 Å². The zero-order chi connectivity index (χ0) is 18.7. The van der Waals surface area contributed by atoms with Gasteiger partial charge in [-0.05, 0) is 50.5 Å². The summed E-state index contributed by atoms with van der Waals surface area (Å²) in [5, 5.41) is 3.85. The number of benzene rings is 1. The number of aryl methyl sites for hydroxylation is 1. The maximum atomic E-state index is 12.7. The van der Waals surface area contributed by atoms with Crippen LogP contribution in [0.2, 0.25) is 0 Å². The molecule has 0 saturated carbocycles. The zero-order valence-electron chi connectivity index (χ0n) is 15.4.